The zero-order chi connectivity index (χ0) is 14.7. The van der Waals surface area contributed by atoms with Gasteiger partial charge in [-0.05, 0) is 74.9 Å². The summed E-state index contributed by atoms with van der Waals surface area (Å²) in [4.78, 5) is 11.7. The molecule has 0 heterocycles. The highest BCUT2D eigenvalue weighted by molar-refractivity contribution is 5.85. The normalized spacial score (nSPS) is 11.8. The van der Waals surface area contributed by atoms with E-state index in [-0.39, 0.29) is 24.4 Å². The van der Waals surface area contributed by atoms with Crippen molar-refractivity contribution in [2.45, 2.75) is 60.5 Å². The Bertz CT molecular complexity index is 467. The van der Waals surface area contributed by atoms with Crippen LogP contribution >= 0.6 is 12.4 Å². The first kappa shape index (κ1) is 18.9. The molecule has 1 amide bonds. The lowest BCUT2D eigenvalue weighted by Crippen LogP contribution is -2.30. The molecule has 0 bridgehead atoms. The summed E-state index contributed by atoms with van der Waals surface area (Å²) < 4.78 is 0. The summed E-state index contributed by atoms with van der Waals surface area (Å²) in [5.74, 6) is 0.0182. The van der Waals surface area contributed by atoms with Crippen molar-refractivity contribution in [3.8, 4) is 0 Å². The Morgan fingerprint density at radius 1 is 1.00 bits per heavy atom. The SMILES string of the molecule is Cc1c(C)c(C)c(CNC(=O)CC(C)N)c(C)c1C.Cl. The number of rotatable bonds is 4. The largest absolute Gasteiger partial charge is 0.352 e. The number of hydrogen-bond donors (Lipinski definition) is 2. The van der Waals surface area contributed by atoms with Gasteiger partial charge in [0.1, 0.15) is 0 Å². The highest BCUT2D eigenvalue weighted by atomic mass is 35.5. The third kappa shape index (κ3) is 4.22. The topological polar surface area (TPSA) is 55.1 Å². The predicted octanol–water partition coefficient (Wildman–Crippen LogP) is 3.00. The van der Waals surface area contributed by atoms with Gasteiger partial charge in [-0.2, -0.15) is 0 Å². The summed E-state index contributed by atoms with van der Waals surface area (Å²) in [6.45, 7) is 13.1. The average molecular weight is 299 g/mol. The molecule has 1 unspecified atom stereocenters. The minimum absolute atomic E-state index is 0. The van der Waals surface area contributed by atoms with Crippen LogP contribution in [0, 0.1) is 34.6 Å². The second-order valence-corrected chi connectivity index (χ2v) is 5.56. The Labute approximate surface area is 128 Å². The molecule has 0 aliphatic heterocycles. The number of hydrogen-bond acceptors (Lipinski definition) is 2. The van der Waals surface area contributed by atoms with Gasteiger partial charge in [0, 0.05) is 19.0 Å². The lowest BCUT2D eigenvalue weighted by Gasteiger charge is -2.19. The van der Waals surface area contributed by atoms with Crippen LogP contribution in [-0.2, 0) is 11.3 Å². The number of nitrogens with two attached hydrogens (primary N) is 1. The molecule has 0 saturated heterocycles. The van der Waals surface area contributed by atoms with Gasteiger partial charge < -0.3 is 11.1 Å². The Hall–Kier alpha value is -1.06. The minimum atomic E-state index is -0.0938. The van der Waals surface area contributed by atoms with Gasteiger partial charge in [-0.15, -0.1) is 12.4 Å². The smallest absolute Gasteiger partial charge is 0.221 e. The maximum Gasteiger partial charge on any atom is 0.221 e. The second-order valence-electron chi connectivity index (χ2n) is 5.56. The van der Waals surface area contributed by atoms with Crippen molar-refractivity contribution < 1.29 is 4.79 Å². The van der Waals surface area contributed by atoms with Crippen LogP contribution in [0.15, 0.2) is 0 Å². The maximum absolute atomic E-state index is 11.7. The molecule has 1 rings (SSSR count). The van der Waals surface area contributed by atoms with E-state index in [1.54, 1.807) is 0 Å². The highest BCUT2D eigenvalue weighted by Gasteiger charge is 2.13. The molecule has 0 aromatic heterocycles. The molecule has 1 aromatic carbocycles. The van der Waals surface area contributed by atoms with Crippen LogP contribution in [0.25, 0.3) is 0 Å². The molecule has 0 aliphatic carbocycles. The lowest BCUT2D eigenvalue weighted by atomic mass is 9.89. The number of nitrogens with one attached hydrogen (secondary N) is 1. The zero-order valence-electron chi connectivity index (χ0n) is 13.4. The molecule has 4 heteroatoms. The van der Waals surface area contributed by atoms with Crippen LogP contribution in [0.1, 0.15) is 46.7 Å². The van der Waals surface area contributed by atoms with Gasteiger partial charge in [0.05, 0.1) is 0 Å². The summed E-state index contributed by atoms with van der Waals surface area (Å²) >= 11 is 0. The standard InChI is InChI=1S/C16H26N2O.ClH/c1-9(17)7-16(19)18-8-15-13(5)11(3)10(2)12(4)14(15)6;/h9H,7-8,17H2,1-6H3,(H,18,19);1H. The summed E-state index contributed by atoms with van der Waals surface area (Å²) in [7, 11) is 0. The minimum Gasteiger partial charge on any atom is -0.352 e. The lowest BCUT2D eigenvalue weighted by molar-refractivity contribution is -0.121. The summed E-state index contributed by atoms with van der Waals surface area (Å²) in [5.41, 5.74) is 13.4. The molecule has 114 valence electrons. The van der Waals surface area contributed by atoms with Crippen molar-refractivity contribution in [1.82, 2.24) is 5.32 Å². The van der Waals surface area contributed by atoms with Crippen molar-refractivity contribution in [3.63, 3.8) is 0 Å². The van der Waals surface area contributed by atoms with Crippen LogP contribution in [-0.4, -0.2) is 11.9 Å². The van der Waals surface area contributed by atoms with Gasteiger partial charge in [-0.1, -0.05) is 0 Å². The van der Waals surface area contributed by atoms with E-state index >= 15 is 0 Å². The Balaban J connectivity index is 0.00000361. The summed E-state index contributed by atoms with van der Waals surface area (Å²) in [6.07, 6.45) is 0.377. The van der Waals surface area contributed by atoms with Gasteiger partial charge >= 0.3 is 0 Å². The predicted molar refractivity (Wildman–Crippen MR) is 87.5 cm³/mol. The van der Waals surface area contributed by atoms with Crippen molar-refractivity contribution >= 4 is 18.3 Å². The zero-order valence-corrected chi connectivity index (χ0v) is 14.2. The number of benzene rings is 1. The van der Waals surface area contributed by atoms with Gasteiger partial charge in [-0.3, -0.25) is 4.79 Å². The van der Waals surface area contributed by atoms with Crippen LogP contribution < -0.4 is 11.1 Å². The Morgan fingerprint density at radius 3 is 1.80 bits per heavy atom. The molecule has 1 atom stereocenters. The average Bonchev–Trinajstić information content (AvgIpc) is 2.33. The van der Waals surface area contributed by atoms with E-state index < -0.39 is 0 Å². The van der Waals surface area contributed by atoms with Crippen LogP contribution in [0.5, 0.6) is 0 Å². The van der Waals surface area contributed by atoms with Crippen molar-refractivity contribution in [3.05, 3.63) is 33.4 Å². The summed E-state index contributed by atoms with van der Waals surface area (Å²) in [6, 6.07) is -0.0938. The fourth-order valence-electron chi connectivity index (χ4n) is 2.39. The van der Waals surface area contributed by atoms with E-state index in [2.05, 4.69) is 39.9 Å². The molecule has 0 spiro atoms. The second kappa shape index (κ2) is 7.65. The van der Waals surface area contributed by atoms with Crippen LogP contribution in [0.3, 0.4) is 0 Å². The summed E-state index contributed by atoms with van der Waals surface area (Å²) in [5, 5.41) is 2.97. The van der Waals surface area contributed by atoms with Crippen LogP contribution in [0.4, 0.5) is 0 Å². The number of halogens is 1. The molecular weight excluding hydrogens is 272 g/mol. The number of carbonyl (C=O) groups excluding carboxylic acids is 1. The molecule has 0 aliphatic rings. The van der Waals surface area contributed by atoms with Gasteiger partial charge in [0.15, 0.2) is 0 Å². The Morgan fingerprint density at radius 2 is 1.40 bits per heavy atom. The first-order chi connectivity index (χ1) is 8.75. The number of amides is 1. The van der Waals surface area contributed by atoms with E-state index in [0.29, 0.717) is 13.0 Å². The third-order valence-corrected chi connectivity index (χ3v) is 4.13. The molecule has 1 aromatic rings. The van der Waals surface area contributed by atoms with Crippen molar-refractivity contribution in [2.24, 2.45) is 5.73 Å². The molecular formula is C16H27ClN2O. The van der Waals surface area contributed by atoms with E-state index in [9.17, 15) is 4.79 Å². The van der Waals surface area contributed by atoms with Gasteiger partial charge in [0.2, 0.25) is 5.91 Å². The quantitative estimate of drug-likeness (QED) is 0.898. The first-order valence-electron chi connectivity index (χ1n) is 6.83. The van der Waals surface area contributed by atoms with E-state index in [0.717, 1.165) is 0 Å². The molecule has 3 N–H and O–H groups in total. The van der Waals surface area contributed by atoms with Crippen molar-refractivity contribution in [1.29, 1.82) is 0 Å². The van der Waals surface area contributed by atoms with E-state index in [1.807, 2.05) is 6.92 Å². The molecule has 0 saturated carbocycles. The highest BCUT2D eigenvalue weighted by Crippen LogP contribution is 2.25. The van der Waals surface area contributed by atoms with Crippen LogP contribution in [0.2, 0.25) is 0 Å². The molecule has 0 radical (unpaired) electrons. The molecule has 0 fully saturated rings. The Kier molecular flexibility index (Phi) is 7.25. The van der Waals surface area contributed by atoms with E-state index in [4.69, 9.17) is 5.73 Å². The van der Waals surface area contributed by atoms with Gasteiger partial charge in [0.25, 0.3) is 0 Å². The first-order valence-corrected chi connectivity index (χ1v) is 6.83. The van der Waals surface area contributed by atoms with Gasteiger partial charge in [-0.25, -0.2) is 0 Å². The van der Waals surface area contributed by atoms with E-state index in [1.165, 1.54) is 33.4 Å². The monoisotopic (exact) mass is 298 g/mol. The van der Waals surface area contributed by atoms with Crippen molar-refractivity contribution in [2.75, 3.05) is 0 Å². The fourth-order valence-corrected chi connectivity index (χ4v) is 2.39. The number of carbonyl (C=O) groups is 1. The molecule has 3 nitrogen and oxygen atoms in total. The maximum atomic E-state index is 11.7. The molecule has 20 heavy (non-hydrogen) atoms. The third-order valence-electron chi connectivity index (χ3n) is 4.13. The fraction of sp³-hybridized carbons (Fsp3) is 0.562.